The molecule has 1 aromatic rings. The number of allylic oxidation sites excluding steroid dienone is 8. The summed E-state index contributed by atoms with van der Waals surface area (Å²) in [5, 5.41) is 1.94. The lowest BCUT2D eigenvalue weighted by Crippen LogP contribution is -2.46. The van der Waals surface area contributed by atoms with Crippen LogP contribution in [0.25, 0.3) is 0 Å². The Bertz CT molecular complexity index is 794. The molecule has 2 aliphatic rings. The molecular formula is C24H32Si. The van der Waals surface area contributed by atoms with Crippen LogP contribution < -0.4 is 5.19 Å². The van der Waals surface area contributed by atoms with E-state index >= 15 is 0 Å². The van der Waals surface area contributed by atoms with Gasteiger partial charge in [-0.3, -0.25) is 0 Å². The third-order valence-corrected chi connectivity index (χ3v) is 11.6. The number of hydrogen-bond acceptors (Lipinski definition) is 0. The maximum Gasteiger partial charge on any atom is 0.0925 e. The Morgan fingerprint density at radius 3 is 2.12 bits per heavy atom. The van der Waals surface area contributed by atoms with Crippen molar-refractivity contribution in [3.8, 4) is 0 Å². The molecule has 0 aromatic heterocycles. The van der Waals surface area contributed by atoms with Crippen LogP contribution in [-0.4, -0.2) is 8.80 Å². The second kappa shape index (κ2) is 6.61. The average molecular weight is 349 g/mol. The van der Waals surface area contributed by atoms with Gasteiger partial charge in [-0.1, -0.05) is 76.9 Å². The molecule has 2 aliphatic carbocycles. The Morgan fingerprint density at radius 1 is 0.920 bits per heavy atom. The Morgan fingerprint density at radius 2 is 1.56 bits per heavy atom. The number of rotatable bonds is 3. The Labute approximate surface area is 155 Å². The van der Waals surface area contributed by atoms with E-state index in [1.54, 1.807) is 16.3 Å². The Kier molecular flexibility index (Phi) is 4.81. The monoisotopic (exact) mass is 348 g/mol. The summed E-state index contributed by atoms with van der Waals surface area (Å²) >= 11 is 0. The van der Waals surface area contributed by atoms with Gasteiger partial charge >= 0.3 is 0 Å². The third-order valence-electron chi connectivity index (χ3n) is 6.77. The van der Waals surface area contributed by atoms with Crippen molar-refractivity contribution >= 4 is 14.0 Å². The zero-order valence-electron chi connectivity index (χ0n) is 16.9. The number of aryl methyl sites for hydroxylation is 2. The average Bonchev–Trinajstić information content (AvgIpc) is 2.76. The quantitative estimate of drug-likeness (QED) is 0.581. The van der Waals surface area contributed by atoms with E-state index in [0.29, 0.717) is 5.54 Å². The van der Waals surface area contributed by atoms with E-state index in [0.717, 1.165) is 0 Å². The zero-order chi connectivity index (χ0) is 18.4. The molecule has 0 bridgehead atoms. The predicted molar refractivity (Wildman–Crippen MR) is 114 cm³/mol. The molecule has 0 fully saturated rings. The largest absolute Gasteiger partial charge is 0.0925 e. The molecule has 2 atom stereocenters. The van der Waals surface area contributed by atoms with Gasteiger partial charge < -0.3 is 0 Å². The van der Waals surface area contributed by atoms with E-state index in [2.05, 4.69) is 91.0 Å². The molecule has 0 N–H and O–H groups in total. The summed E-state index contributed by atoms with van der Waals surface area (Å²) in [6.07, 6.45) is 10.5. The van der Waals surface area contributed by atoms with E-state index in [4.69, 9.17) is 0 Å². The summed E-state index contributed by atoms with van der Waals surface area (Å²) in [6, 6.07) is 7.09. The van der Waals surface area contributed by atoms with Crippen molar-refractivity contribution in [3.63, 3.8) is 0 Å². The fourth-order valence-electron chi connectivity index (χ4n) is 4.87. The van der Waals surface area contributed by atoms with Crippen molar-refractivity contribution in [1.29, 1.82) is 0 Å². The Hall–Kier alpha value is -1.60. The molecule has 1 heteroatoms. The molecule has 0 radical (unpaired) electrons. The van der Waals surface area contributed by atoms with Gasteiger partial charge in [-0.25, -0.2) is 0 Å². The smallest absolute Gasteiger partial charge is 0.0840 e. The minimum Gasteiger partial charge on any atom is -0.0840 e. The molecule has 3 rings (SSSR count). The molecule has 2 unspecified atom stereocenters. The van der Waals surface area contributed by atoms with E-state index in [1.165, 1.54) is 28.7 Å². The lowest BCUT2D eigenvalue weighted by molar-refractivity contribution is 0.730. The zero-order valence-corrected chi connectivity index (χ0v) is 18.1. The SMILES string of the molecule is CC1=C(C)C([SiH](c2cc(C)ccc2C)C2(C)C=CC=CC2)C(C)=C1C. The van der Waals surface area contributed by atoms with Gasteiger partial charge in [0.15, 0.2) is 0 Å². The molecule has 0 amide bonds. The van der Waals surface area contributed by atoms with Crippen LogP contribution in [0.5, 0.6) is 0 Å². The summed E-state index contributed by atoms with van der Waals surface area (Å²) in [7, 11) is -1.35. The van der Waals surface area contributed by atoms with Crippen molar-refractivity contribution in [1.82, 2.24) is 0 Å². The standard InChI is InChI=1S/C24H32Si/c1-16-11-12-17(2)22(15-16)25(24(7)13-9-8-10-14-24)23-20(5)18(3)19(4)21(23)6/h8-13,15,23,25H,14H2,1-7H3. The molecule has 0 nitrogen and oxygen atoms in total. The van der Waals surface area contributed by atoms with Gasteiger partial charge in [-0.15, -0.1) is 0 Å². The second-order valence-electron chi connectivity index (χ2n) is 8.43. The van der Waals surface area contributed by atoms with E-state index < -0.39 is 8.80 Å². The molecule has 0 saturated carbocycles. The highest BCUT2D eigenvalue weighted by molar-refractivity contribution is 6.79. The van der Waals surface area contributed by atoms with Gasteiger partial charge in [0.2, 0.25) is 0 Å². The van der Waals surface area contributed by atoms with Crippen LogP contribution in [-0.2, 0) is 0 Å². The molecule has 0 saturated heterocycles. The Balaban J connectivity index is 2.23. The van der Waals surface area contributed by atoms with Crippen LogP contribution in [0.3, 0.4) is 0 Å². The van der Waals surface area contributed by atoms with Gasteiger partial charge in [-0.05, 0) is 69.7 Å². The summed E-state index contributed by atoms with van der Waals surface area (Å²) in [6.45, 7) is 16.5. The first-order valence-corrected chi connectivity index (χ1v) is 11.3. The fourth-order valence-corrected chi connectivity index (χ4v) is 9.94. The van der Waals surface area contributed by atoms with Gasteiger partial charge in [0.25, 0.3) is 0 Å². The van der Waals surface area contributed by atoms with Crippen LogP contribution in [0.1, 0.15) is 52.2 Å². The van der Waals surface area contributed by atoms with E-state index in [1.807, 2.05) is 0 Å². The van der Waals surface area contributed by atoms with E-state index in [-0.39, 0.29) is 5.04 Å². The minimum atomic E-state index is -1.35. The van der Waals surface area contributed by atoms with Gasteiger partial charge in [0.1, 0.15) is 0 Å². The van der Waals surface area contributed by atoms with Crippen LogP contribution in [0, 0.1) is 13.8 Å². The van der Waals surface area contributed by atoms with Gasteiger partial charge in [0, 0.05) is 0 Å². The fraction of sp³-hybridized carbons (Fsp3) is 0.417. The first-order chi connectivity index (χ1) is 11.8. The second-order valence-corrected chi connectivity index (χ2v) is 12.0. The van der Waals surface area contributed by atoms with Crippen molar-refractivity contribution in [2.24, 2.45) is 0 Å². The normalized spacial score (nSPS) is 25.2. The first-order valence-electron chi connectivity index (χ1n) is 9.53. The van der Waals surface area contributed by atoms with Gasteiger partial charge in [0.05, 0.1) is 8.80 Å². The van der Waals surface area contributed by atoms with Crippen LogP contribution in [0.4, 0.5) is 0 Å². The summed E-state index contributed by atoms with van der Waals surface area (Å²) < 4.78 is 0. The summed E-state index contributed by atoms with van der Waals surface area (Å²) in [5.74, 6) is 0. The highest BCUT2D eigenvalue weighted by Gasteiger charge is 2.44. The molecule has 1 aromatic carbocycles. The number of hydrogen-bond donors (Lipinski definition) is 0. The van der Waals surface area contributed by atoms with E-state index in [9.17, 15) is 0 Å². The maximum atomic E-state index is 2.51. The highest BCUT2D eigenvalue weighted by Crippen LogP contribution is 2.51. The van der Waals surface area contributed by atoms with Crippen LogP contribution in [0.2, 0.25) is 10.6 Å². The first kappa shape index (κ1) is 18.2. The molecule has 0 heterocycles. The van der Waals surface area contributed by atoms with Crippen LogP contribution in [0.15, 0.2) is 64.8 Å². The van der Waals surface area contributed by atoms with Crippen LogP contribution >= 0.6 is 0 Å². The summed E-state index contributed by atoms with van der Waals surface area (Å²) in [4.78, 5) is 0. The maximum absolute atomic E-state index is 2.51. The van der Waals surface area contributed by atoms with Crippen molar-refractivity contribution in [3.05, 3.63) is 75.9 Å². The molecule has 0 spiro atoms. The molecule has 0 aliphatic heterocycles. The number of benzene rings is 1. The lowest BCUT2D eigenvalue weighted by atomic mass is 10.0. The molecular weight excluding hydrogens is 316 g/mol. The topological polar surface area (TPSA) is 0 Å². The van der Waals surface area contributed by atoms with Gasteiger partial charge in [-0.2, -0.15) is 0 Å². The highest BCUT2D eigenvalue weighted by atomic mass is 28.3. The molecule has 25 heavy (non-hydrogen) atoms. The predicted octanol–water partition coefficient (Wildman–Crippen LogP) is 6.07. The minimum absolute atomic E-state index is 0.283. The van der Waals surface area contributed by atoms with Crippen molar-refractivity contribution in [2.75, 3.05) is 0 Å². The lowest BCUT2D eigenvalue weighted by Gasteiger charge is -2.41. The van der Waals surface area contributed by atoms with Crippen molar-refractivity contribution in [2.45, 2.75) is 65.5 Å². The molecule has 132 valence electrons. The van der Waals surface area contributed by atoms with Crippen molar-refractivity contribution < 1.29 is 0 Å². The third kappa shape index (κ3) is 3.04. The summed E-state index contributed by atoms with van der Waals surface area (Å²) in [5.41, 5.74) is 9.82.